The van der Waals surface area contributed by atoms with E-state index in [1.54, 1.807) is 37.3 Å². The lowest BCUT2D eigenvalue weighted by atomic mass is 9.97. The lowest BCUT2D eigenvalue weighted by Gasteiger charge is -2.29. The second kappa shape index (κ2) is 9.24. The minimum absolute atomic E-state index is 0.138. The van der Waals surface area contributed by atoms with Crippen molar-refractivity contribution < 1.29 is 18.7 Å². The minimum atomic E-state index is -0.354. The molecule has 0 aliphatic carbocycles. The van der Waals surface area contributed by atoms with E-state index in [1.807, 2.05) is 49.4 Å². The molecule has 0 N–H and O–H groups in total. The van der Waals surface area contributed by atoms with Gasteiger partial charge in [0, 0.05) is 7.05 Å². The molecule has 150 valence electrons. The van der Waals surface area contributed by atoms with Crippen molar-refractivity contribution in [3.05, 3.63) is 95.3 Å². The van der Waals surface area contributed by atoms with Crippen molar-refractivity contribution in [2.75, 3.05) is 20.8 Å². The summed E-state index contributed by atoms with van der Waals surface area (Å²) in [5.74, 6) is 0.576. The Morgan fingerprint density at radius 3 is 2.28 bits per heavy atom. The maximum absolute atomic E-state index is 13.4. The molecule has 0 saturated heterocycles. The highest BCUT2D eigenvalue weighted by Gasteiger charge is 2.24. The summed E-state index contributed by atoms with van der Waals surface area (Å²) < 4.78 is 24.5. The summed E-state index contributed by atoms with van der Waals surface area (Å²) in [6, 6.07) is 21.0. The zero-order valence-electron chi connectivity index (χ0n) is 16.8. The first-order valence-electron chi connectivity index (χ1n) is 9.33. The second-order valence-electron chi connectivity index (χ2n) is 6.81. The number of rotatable bonds is 7. The number of carbonyl (C=O) groups excluding carboxylic acids is 1. The summed E-state index contributed by atoms with van der Waals surface area (Å²) in [6.45, 7) is 1.82. The van der Waals surface area contributed by atoms with Crippen LogP contribution in [0, 0.1) is 12.7 Å². The van der Waals surface area contributed by atoms with E-state index in [1.165, 1.54) is 12.1 Å². The van der Waals surface area contributed by atoms with Gasteiger partial charge < -0.3 is 14.4 Å². The summed E-state index contributed by atoms with van der Waals surface area (Å²) in [4.78, 5) is 14.5. The number of hydrogen-bond donors (Lipinski definition) is 0. The highest BCUT2D eigenvalue weighted by atomic mass is 19.1. The van der Waals surface area contributed by atoms with Crippen molar-refractivity contribution >= 4 is 5.91 Å². The van der Waals surface area contributed by atoms with E-state index in [9.17, 15) is 9.18 Å². The third-order valence-corrected chi connectivity index (χ3v) is 4.75. The summed E-state index contributed by atoms with van der Waals surface area (Å²) in [5.41, 5.74) is 2.79. The molecule has 1 atom stereocenters. The van der Waals surface area contributed by atoms with Crippen molar-refractivity contribution in [2.45, 2.75) is 13.0 Å². The van der Waals surface area contributed by atoms with E-state index in [0.717, 1.165) is 16.7 Å². The van der Waals surface area contributed by atoms with Gasteiger partial charge in [0.2, 0.25) is 0 Å². The number of benzene rings is 3. The molecule has 0 aromatic heterocycles. The Morgan fingerprint density at radius 2 is 1.62 bits per heavy atom. The molecule has 0 bridgehead atoms. The molecule has 29 heavy (non-hydrogen) atoms. The summed E-state index contributed by atoms with van der Waals surface area (Å²) in [7, 11) is 3.29. The van der Waals surface area contributed by atoms with Crippen LogP contribution in [0.15, 0.2) is 72.8 Å². The predicted molar refractivity (Wildman–Crippen MR) is 111 cm³/mol. The molecule has 0 radical (unpaired) electrons. The van der Waals surface area contributed by atoms with E-state index in [0.29, 0.717) is 11.5 Å². The van der Waals surface area contributed by atoms with Crippen LogP contribution >= 0.6 is 0 Å². The molecule has 4 nitrogen and oxygen atoms in total. The summed E-state index contributed by atoms with van der Waals surface area (Å²) in [6.07, 6.45) is 0. The number of nitrogens with zero attached hydrogens (tertiary/aromatic N) is 1. The molecule has 5 heteroatoms. The Morgan fingerprint density at radius 1 is 0.966 bits per heavy atom. The predicted octanol–water partition coefficient (Wildman–Crippen LogP) is 4.77. The molecule has 0 saturated carbocycles. The SMILES string of the molecule is COc1cc(C)ccc1OCC(=O)N(C)C(c1ccccc1)c1ccc(F)cc1. The van der Waals surface area contributed by atoms with Gasteiger partial charge in [-0.25, -0.2) is 4.39 Å². The molecule has 1 amide bonds. The lowest BCUT2D eigenvalue weighted by molar-refractivity contribution is -0.133. The van der Waals surface area contributed by atoms with E-state index in [4.69, 9.17) is 9.47 Å². The number of likely N-dealkylation sites (N-methyl/N-ethyl adjacent to an activating group) is 1. The van der Waals surface area contributed by atoms with Gasteiger partial charge in [-0.3, -0.25) is 4.79 Å². The molecule has 0 heterocycles. The first-order chi connectivity index (χ1) is 14.0. The van der Waals surface area contributed by atoms with Crippen LogP contribution in [0.2, 0.25) is 0 Å². The van der Waals surface area contributed by atoms with E-state index >= 15 is 0 Å². The third-order valence-electron chi connectivity index (χ3n) is 4.75. The number of amides is 1. The van der Waals surface area contributed by atoms with E-state index < -0.39 is 0 Å². The number of aryl methyl sites for hydroxylation is 1. The fourth-order valence-corrected chi connectivity index (χ4v) is 3.20. The van der Waals surface area contributed by atoms with Gasteiger partial charge in [-0.1, -0.05) is 48.5 Å². The average Bonchev–Trinajstić information content (AvgIpc) is 2.74. The quantitative estimate of drug-likeness (QED) is 0.580. The van der Waals surface area contributed by atoms with Crippen LogP contribution in [0.25, 0.3) is 0 Å². The van der Waals surface area contributed by atoms with Gasteiger partial charge in [0.05, 0.1) is 13.2 Å². The maximum Gasteiger partial charge on any atom is 0.261 e. The zero-order chi connectivity index (χ0) is 20.8. The molecule has 0 fully saturated rings. The molecule has 0 aliphatic heterocycles. The van der Waals surface area contributed by atoms with E-state index in [-0.39, 0.29) is 24.4 Å². The Bertz CT molecular complexity index is 958. The van der Waals surface area contributed by atoms with Crippen molar-refractivity contribution in [3.8, 4) is 11.5 Å². The molecule has 3 aromatic carbocycles. The third kappa shape index (κ3) is 4.93. The minimum Gasteiger partial charge on any atom is -0.493 e. The highest BCUT2D eigenvalue weighted by Crippen LogP contribution is 2.30. The molecular weight excluding hydrogens is 369 g/mol. The largest absolute Gasteiger partial charge is 0.493 e. The van der Waals surface area contributed by atoms with Crippen LogP contribution in [-0.4, -0.2) is 31.6 Å². The Kier molecular flexibility index (Phi) is 6.50. The number of ether oxygens (including phenoxy) is 2. The van der Waals surface area contributed by atoms with Gasteiger partial charge in [-0.15, -0.1) is 0 Å². The van der Waals surface area contributed by atoms with Crippen molar-refractivity contribution in [3.63, 3.8) is 0 Å². The Hall–Kier alpha value is -3.34. The zero-order valence-corrected chi connectivity index (χ0v) is 16.8. The fourth-order valence-electron chi connectivity index (χ4n) is 3.20. The molecule has 3 rings (SSSR count). The molecule has 0 spiro atoms. The molecule has 3 aromatic rings. The van der Waals surface area contributed by atoms with Crippen LogP contribution in [-0.2, 0) is 4.79 Å². The smallest absolute Gasteiger partial charge is 0.261 e. The second-order valence-corrected chi connectivity index (χ2v) is 6.81. The van der Waals surface area contributed by atoms with Crippen molar-refractivity contribution in [2.24, 2.45) is 0 Å². The van der Waals surface area contributed by atoms with Crippen LogP contribution in [0.4, 0.5) is 4.39 Å². The number of carbonyl (C=O) groups is 1. The number of hydrogen-bond acceptors (Lipinski definition) is 3. The first-order valence-corrected chi connectivity index (χ1v) is 9.33. The van der Waals surface area contributed by atoms with Crippen LogP contribution in [0.5, 0.6) is 11.5 Å². The number of methoxy groups -OCH3 is 1. The van der Waals surface area contributed by atoms with E-state index in [2.05, 4.69) is 0 Å². The van der Waals surface area contributed by atoms with Crippen molar-refractivity contribution in [1.29, 1.82) is 0 Å². The Labute approximate surface area is 170 Å². The molecule has 0 aliphatic rings. The first kappa shape index (κ1) is 20.4. The van der Waals surface area contributed by atoms with Gasteiger partial charge in [0.1, 0.15) is 5.82 Å². The van der Waals surface area contributed by atoms with Gasteiger partial charge in [0.25, 0.3) is 5.91 Å². The average molecular weight is 393 g/mol. The van der Waals surface area contributed by atoms with Crippen molar-refractivity contribution in [1.82, 2.24) is 4.90 Å². The normalized spacial score (nSPS) is 11.6. The Balaban J connectivity index is 1.81. The monoisotopic (exact) mass is 393 g/mol. The molecular formula is C24H24FNO3. The van der Waals surface area contributed by atoms with Crippen LogP contribution in [0.3, 0.4) is 0 Å². The standard InChI is InChI=1S/C24H24FNO3/c1-17-9-14-21(22(15-17)28-3)29-16-23(27)26(2)24(18-7-5-4-6-8-18)19-10-12-20(25)13-11-19/h4-15,24H,16H2,1-3H3. The van der Waals surface area contributed by atoms with Crippen LogP contribution in [0.1, 0.15) is 22.7 Å². The lowest BCUT2D eigenvalue weighted by Crippen LogP contribution is -2.35. The van der Waals surface area contributed by atoms with Gasteiger partial charge in [-0.2, -0.15) is 0 Å². The summed E-state index contributed by atoms with van der Waals surface area (Å²) >= 11 is 0. The summed E-state index contributed by atoms with van der Waals surface area (Å²) in [5, 5.41) is 0. The maximum atomic E-state index is 13.4. The van der Waals surface area contributed by atoms with Gasteiger partial charge in [-0.05, 0) is 47.9 Å². The van der Waals surface area contributed by atoms with Gasteiger partial charge >= 0.3 is 0 Å². The fraction of sp³-hybridized carbons (Fsp3) is 0.208. The van der Waals surface area contributed by atoms with Gasteiger partial charge in [0.15, 0.2) is 18.1 Å². The highest BCUT2D eigenvalue weighted by molar-refractivity contribution is 5.78. The topological polar surface area (TPSA) is 38.8 Å². The number of halogens is 1. The molecule has 1 unspecified atom stereocenters. The van der Waals surface area contributed by atoms with Crippen LogP contribution < -0.4 is 9.47 Å².